The average molecular weight is 631 g/mol. The van der Waals surface area contributed by atoms with Crippen molar-refractivity contribution in [3.8, 4) is 0 Å². The van der Waals surface area contributed by atoms with Gasteiger partial charge in [-0.3, -0.25) is 13.9 Å². The van der Waals surface area contributed by atoms with Crippen molar-refractivity contribution in [2.45, 2.75) is 44.3 Å². The van der Waals surface area contributed by atoms with E-state index in [9.17, 15) is 18.0 Å². The molecule has 0 saturated heterocycles. The van der Waals surface area contributed by atoms with E-state index >= 15 is 0 Å². The topological polar surface area (TPSA) is 86.8 Å². The molecule has 2 amide bonds. The summed E-state index contributed by atoms with van der Waals surface area (Å²) in [4.78, 5) is 28.1. The first-order valence-electron chi connectivity index (χ1n) is 11.9. The molecule has 0 aliphatic rings. The van der Waals surface area contributed by atoms with Crippen LogP contribution >= 0.6 is 46.4 Å². The van der Waals surface area contributed by atoms with E-state index in [0.29, 0.717) is 10.6 Å². The fourth-order valence-corrected chi connectivity index (χ4v) is 5.75. The second kappa shape index (κ2) is 13.2. The maximum absolute atomic E-state index is 13.9. The van der Waals surface area contributed by atoms with Crippen LogP contribution in [0, 0.1) is 0 Å². The van der Waals surface area contributed by atoms with Crippen LogP contribution in [0.2, 0.25) is 20.1 Å². The lowest BCUT2D eigenvalue weighted by molar-refractivity contribution is -0.139. The van der Waals surface area contributed by atoms with Gasteiger partial charge in [0.15, 0.2) is 0 Å². The Morgan fingerprint density at radius 1 is 0.821 bits per heavy atom. The lowest BCUT2D eigenvalue weighted by Crippen LogP contribution is -2.52. The minimum atomic E-state index is -4.22. The van der Waals surface area contributed by atoms with Crippen molar-refractivity contribution in [1.82, 2.24) is 10.2 Å². The molecule has 0 radical (unpaired) electrons. The van der Waals surface area contributed by atoms with Crippen LogP contribution in [-0.4, -0.2) is 43.8 Å². The van der Waals surface area contributed by atoms with Crippen molar-refractivity contribution < 1.29 is 18.0 Å². The summed E-state index contributed by atoms with van der Waals surface area (Å²) in [5, 5.41) is 3.76. The van der Waals surface area contributed by atoms with Crippen LogP contribution in [0.15, 0.2) is 71.6 Å². The zero-order valence-electron chi connectivity index (χ0n) is 21.4. The minimum Gasteiger partial charge on any atom is -0.352 e. The molecule has 39 heavy (non-hydrogen) atoms. The molecule has 0 aromatic heterocycles. The molecular formula is C27H27Cl4N3O4S. The summed E-state index contributed by atoms with van der Waals surface area (Å²) in [7, 11) is -4.22. The predicted molar refractivity (Wildman–Crippen MR) is 157 cm³/mol. The first-order chi connectivity index (χ1) is 18.3. The fraction of sp³-hybridized carbons (Fsp3) is 0.259. The van der Waals surface area contributed by atoms with Crippen molar-refractivity contribution in [3.63, 3.8) is 0 Å². The second-order valence-corrected chi connectivity index (χ2v) is 12.5. The number of halogens is 4. The van der Waals surface area contributed by atoms with Gasteiger partial charge in [-0.05, 0) is 68.8 Å². The standard InChI is InChI=1S/C27H27Cl4N3O4S/c1-17(2)32-27(36)18(3)33(15-19-9-11-22(28)24(30)13-19)26(35)16-34(20-10-12-23(29)25(31)14-20)39(37,38)21-7-5-4-6-8-21/h4-14,17-18H,15-16H2,1-3H3,(H,32,36)/t18-/m0/s1. The fourth-order valence-electron chi connectivity index (χ4n) is 3.71. The number of nitrogens with one attached hydrogen (secondary N) is 1. The van der Waals surface area contributed by atoms with E-state index in [1.807, 2.05) is 0 Å². The lowest BCUT2D eigenvalue weighted by atomic mass is 10.1. The minimum absolute atomic E-state index is 0.0227. The molecule has 3 aromatic rings. The van der Waals surface area contributed by atoms with E-state index < -0.39 is 34.4 Å². The van der Waals surface area contributed by atoms with Gasteiger partial charge in [-0.25, -0.2) is 8.42 Å². The molecule has 1 N–H and O–H groups in total. The molecule has 0 unspecified atom stereocenters. The van der Waals surface area contributed by atoms with Crippen LogP contribution in [-0.2, 0) is 26.2 Å². The summed E-state index contributed by atoms with van der Waals surface area (Å²) in [6, 6.07) is 15.7. The van der Waals surface area contributed by atoms with Crippen LogP contribution < -0.4 is 9.62 Å². The highest BCUT2D eigenvalue weighted by Gasteiger charge is 2.33. The molecule has 7 nitrogen and oxygen atoms in total. The number of nitrogens with zero attached hydrogens (tertiary/aromatic N) is 2. The number of carbonyl (C=O) groups excluding carboxylic acids is 2. The third-order valence-corrected chi connectivity index (χ3v) is 9.00. The van der Waals surface area contributed by atoms with Gasteiger partial charge in [0.1, 0.15) is 12.6 Å². The van der Waals surface area contributed by atoms with E-state index in [0.717, 1.165) is 4.31 Å². The van der Waals surface area contributed by atoms with E-state index in [-0.39, 0.29) is 38.2 Å². The Kier molecular flexibility index (Phi) is 10.5. The number of hydrogen-bond donors (Lipinski definition) is 1. The van der Waals surface area contributed by atoms with Gasteiger partial charge in [-0.15, -0.1) is 0 Å². The number of rotatable bonds is 10. The highest BCUT2D eigenvalue weighted by atomic mass is 35.5. The quantitative estimate of drug-likeness (QED) is 0.279. The smallest absolute Gasteiger partial charge is 0.264 e. The molecule has 1 atom stereocenters. The Labute approximate surface area is 248 Å². The molecule has 0 saturated carbocycles. The van der Waals surface area contributed by atoms with E-state index in [1.54, 1.807) is 57.2 Å². The molecule has 0 spiro atoms. The maximum atomic E-state index is 13.9. The Morgan fingerprint density at radius 2 is 1.41 bits per heavy atom. The molecule has 0 fully saturated rings. The van der Waals surface area contributed by atoms with Gasteiger partial charge in [0.25, 0.3) is 10.0 Å². The summed E-state index contributed by atoms with van der Waals surface area (Å²) in [6.07, 6.45) is 0. The normalized spacial score (nSPS) is 12.2. The summed E-state index contributed by atoms with van der Waals surface area (Å²) in [5.74, 6) is -1.02. The van der Waals surface area contributed by atoms with Crippen molar-refractivity contribution in [2.24, 2.45) is 0 Å². The Bertz CT molecular complexity index is 1450. The Hall–Kier alpha value is -2.49. The lowest BCUT2D eigenvalue weighted by Gasteiger charge is -2.32. The van der Waals surface area contributed by atoms with Crippen LogP contribution in [0.25, 0.3) is 0 Å². The van der Waals surface area contributed by atoms with Gasteiger partial charge in [0.05, 0.1) is 30.7 Å². The first kappa shape index (κ1) is 31.0. The number of sulfonamides is 1. The number of benzene rings is 3. The van der Waals surface area contributed by atoms with E-state index in [4.69, 9.17) is 46.4 Å². The molecule has 3 aromatic carbocycles. The molecule has 3 rings (SSSR count). The maximum Gasteiger partial charge on any atom is 0.264 e. The van der Waals surface area contributed by atoms with Gasteiger partial charge in [-0.2, -0.15) is 0 Å². The number of carbonyl (C=O) groups is 2. The van der Waals surface area contributed by atoms with Crippen LogP contribution in [0.3, 0.4) is 0 Å². The second-order valence-electron chi connectivity index (χ2n) is 9.03. The summed E-state index contributed by atoms with van der Waals surface area (Å²) in [5.41, 5.74) is 0.740. The Balaban J connectivity index is 2.06. The van der Waals surface area contributed by atoms with Crippen LogP contribution in [0.4, 0.5) is 5.69 Å². The molecular weight excluding hydrogens is 604 g/mol. The van der Waals surface area contributed by atoms with Gasteiger partial charge in [-0.1, -0.05) is 70.7 Å². The molecule has 0 aliphatic heterocycles. The van der Waals surface area contributed by atoms with Crippen molar-refractivity contribution >= 4 is 73.9 Å². The number of amides is 2. The van der Waals surface area contributed by atoms with E-state index in [2.05, 4.69) is 5.32 Å². The van der Waals surface area contributed by atoms with Gasteiger partial charge >= 0.3 is 0 Å². The van der Waals surface area contributed by atoms with Crippen molar-refractivity contribution in [1.29, 1.82) is 0 Å². The van der Waals surface area contributed by atoms with Crippen molar-refractivity contribution in [3.05, 3.63) is 92.4 Å². The highest BCUT2D eigenvalue weighted by molar-refractivity contribution is 7.92. The molecule has 12 heteroatoms. The monoisotopic (exact) mass is 629 g/mol. The van der Waals surface area contributed by atoms with Gasteiger partial charge in [0.2, 0.25) is 11.8 Å². The number of anilines is 1. The number of hydrogen-bond acceptors (Lipinski definition) is 4. The van der Waals surface area contributed by atoms with Crippen molar-refractivity contribution in [2.75, 3.05) is 10.8 Å². The SMILES string of the molecule is CC(C)NC(=O)[C@H](C)N(Cc1ccc(Cl)c(Cl)c1)C(=O)CN(c1ccc(Cl)c(Cl)c1)S(=O)(=O)c1ccccc1. The zero-order chi connectivity index (χ0) is 28.9. The molecule has 0 bridgehead atoms. The van der Waals surface area contributed by atoms with Gasteiger partial charge < -0.3 is 10.2 Å². The summed E-state index contributed by atoms with van der Waals surface area (Å²) < 4.78 is 28.4. The van der Waals surface area contributed by atoms with E-state index in [1.165, 1.54) is 35.2 Å². The molecule has 0 heterocycles. The third kappa shape index (κ3) is 7.80. The van der Waals surface area contributed by atoms with Crippen LogP contribution in [0.1, 0.15) is 26.3 Å². The average Bonchev–Trinajstić information content (AvgIpc) is 2.89. The molecule has 0 aliphatic carbocycles. The zero-order valence-corrected chi connectivity index (χ0v) is 25.2. The summed E-state index contributed by atoms with van der Waals surface area (Å²) in [6.45, 7) is 4.53. The largest absolute Gasteiger partial charge is 0.352 e. The predicted octanol–water partition coefficient (Wildman–Crippen LogP) is 6.44. The van der Waals surface area contributed by atoms with Crippen LogP contribution in [0.5, 0.6) is 0 Å². The first-order valence-corrected chi connectivity index (χ1v) is 14.8. The Morgan fingerprint density at radius 3 is 1.97 bits per heavy atom. The summed E-state index contributed by atoms with van der Waals surface area (Å²) >= 11 is 24.5. The highest BCUT2D eigenvalue weighted by Crippen LogP contribution is 2.31. The third-order valence-electron chi connectivity index (χ3n) is 5.74. The van der Waals surface area contributed by atoms with Gasteiger partial charge in [0, 0.05) is 12.6 Å². The molecule has 208 valence electrons.